The van der Waals surface area contributed by atoms with E-state index in [4.69, 9.17) is 0 Å². The topological polar surface area (TPSA) is 59.0 Å². The van der Waals surface area contributed by atoms with Gasteiger partial charge in [0.05, 0.1) is 17.7 Å². The lowest BCUT2D eigenvalue weighted by Crippen LogP contribution is -2.45. The van der Waals surface area contributed by atoms with Crippen LogP contribution in [-0.4, -0.2) is 28.3 Å². The molecular weight excluding hydrogens is 297 g/mol. The van der Waals surface area contributed by atoms with E-state index in [1.807, 2.05) is 0 Å². The second-order valence-corrected chi connectivity index (χ2v) is 6.13. The molecule has 1 saturated heterocycles. The SMILES string of the molecule is Cn1nc(CNC(=O)[C@]23CCC[C@H]2NCC3)cc1C(F)(F)F. The van der Waals surface area contributed by atoms with Crippen LogP contribution < -0.4 is 10.6 Å². The van der Waals surface area contributed by atoms with Gasteiger partial charge in [0.25, 0.3) is 0 Å². The van der Waals surface area contributed by atoms with E-state index in [2.05, 4.69) is 15.7 Å². The summed E-state index contributed by atoms with van der Waals surface area (Å²) in [6.07, 6.45) is -0.817. The number of nitrogens with zero attached hydrogens (tertiary/aromatic N) is 2. The number of hydrogen-bond acceptors (Lipinski definition) is 3. The fraction of sp³-hybridized carbons (Fsp3) is 0.714. The lowest BCUT2D eigenvalue weighted by molar-refractivity contribution is -0.143. The van der Waals surface area contributed by atoms with E-state index in [1.54, 1.807) is 0 Å². The summed E-state index contributed by atoms with van der Waals surface area (Å²) in [6, 6.07) is 1.18. The van der Waals surface area contributed by atoms with Crippen molar-refractivity contribution in [2.75, 3.05) is 6.54 Å². The molecule has 2 fully saturated rings. The highest BCUT2D eigenvalue weighted by Crippen LogP contribution is 2.44. The van der Waals surface area contributed by atoms with Crippen LogP contribution in [0, 0.1) is 5.41 Å². The fourth-order valence-corrected chi connectivity index (χ4v) is 3.75. The van der Waals surface area contributed by atoms with E-state index in [-0.39, 0.29) is 29.6 Å². The number of rotatable bonds is 3. The maximum Gasteiger partial charge on any atom is 0.433 e. The van der Waals surface area contributed by atoms with Crippen molar-refractivity contribution < 1.29 is 18.0 Å². The lowest BCUT2D eigenvalue weighted by atomic mass is 9.81. The molecule has 122 valence electrons. The zero-order valence-corrected chi connectivity index (χ0v) is 12.3. The highest BCUT2D eigenvalue weighted by atomic mass is 19.4. The standard InChI is InChI=1S/C14H19F3N4O/c1-21-11(14(15,16)17)7-9(20-21)8-19-12(22)13-4-2-3-10(13)18-6-5-13/h7,10,18H,2-6,8H2,1H3,(H,19,22)/t10-,13+/m1/s1. The number of aryl methyl sites for hydroxylation is 1. The third-order valence-electron chi connectivity index (χ3n) is 4.85. The Morgan fingerprint density at radius 2 is 2.32 bits per heavy atom. The predicted molar refractivity (Wildman–Crippen MR) is 72.7 cm³/mol. The van der Waals surface area contributed by atoms with Crippen molar-refractivity contribution >= 4 is 5.91 Å². The van der Waals surface area contributed by atoms with Gasteiger partial charge < -0.3 is 10.6 Å². The fourth-order valence-electron chi connectivity index (χ4n) is 3.75. The Kier molecular flexibility index (Phi) is 3.66. The van der Waals surface area contributed by atoms with Crippen molar-refractivity contribution in [3.63, 3.8) is 0 Å². The first-order valence-electron chi connectivity index (χ1n) is 7.45. The van der Waals surface area contributed by atoms with Gasteiger partial charge >= 0.3 is 6.18 Å². The summed E-state index contributed by atoms with van der Waals surface area (Å²) >= 11 is 0. The van der Waals surface area contributed by atoms with Gasteiger partial charge in [-0.15, -0.1) is 0 Å². The second kappa shape index (κ2) is 5.26. The molecule has 1 aromatic rings. The quantitative estimate of drug-likeness (QED) is 0.890. The maximum atomic E-state index is 12.7. The molecule has 1 amide bonds. The minimum Gasteiger partial charge on any atom is -0.350 e. The van der Waals surface area contributed by atoms with Gasteiger partial charge in [0.15, 0.2) is 0 Å². The highest BCUT2D eigenvalue weighted by Gasteiger charge is 2.51. The van der Waals surface area contributed by atoms with Crippen LogP contribution >= 0.6 is 0 Å². The van der Waals surface area contributed by atoms with Gasteiger partial charge in [-0.05, 0) is 31.9 Å². The molecule has 1 aromatic heterocycles. The number of halogens is 3. The number of amides is 1. The summed E-state index contributed by atoms with van der Waals surface area (Å²) in [7, 11) is 1.25. The van der Waals surface area contributed by atoms with Crippen LogP contribution in [-0.2, 0) is 24.6 Å². The van der Waals surface area contributed by atoms with Crippen molar-refractivity contribution in [2.45, 2.75) is 44.4 Å². The highest BCUT2D eigenvalue weighted by molar-refractivity contribution is 5.84. The third kappa shape index (κ3) is 2.49. The molecule has 5 nitrogen and oxygen atoms in total. The molecule has 2 heterocycles. The molecule has 0 spiro atoms. The molecule has 8 heteroatoms. The molecule has 3 rings (SSSR count). The summed E-state index contributed by atoms with van der Waals surface area (Å²) in [6.45, 7) is 0.844. The number of aromatic nitrogens is 2. The number of carbonyl (C=O) groups is 1. The van der Waals surface area contributed by atoms with Gasteiger partial charge in [-0.3, -0.25) is 9.48 Å². The molecule has 2 aliphatic rings. The summed E-state index contributed by atoms with van der Waals surface area (Å²) in [5.41, 5.74) is -0.974. The normalized spacial score (nSPS) is 27.9. The van der Waals surface area contributed by atoms with Crippen LogP contribution in [0.15, 0.2) is 6.07 Å². The van der Waals surface area contributed by atoms with E-state index in [0.717, 1.165) is 43.0 Å². The van der Waals surface area contributed by atoms with Crippen LogP contribution in [0.5, 0.6) is 0 Å². The van der Waals surface area contributed by atoms with E-state index in [1.165, 1.54) is 7.05 Å². The van der Waals surface area contributed by atoms with Gasteiger partial charge in [-0.1, -0.05) is 6.42 Å². The van der Waals surface area contributed by atoms with Crippen molar-refractivity contribution in [1.82, 2.24) is 20.4 Å². The largest absolute Gasteiger partial charge is 0.433 e. The number of hydrogen-bond donors (Lipinski definition) is 2. The smallest absolute Gasteiger partial charge is 0.350 e. The van der Waals surface area contributed by atoms with Crippen LogP contribution in [0.1, 0.15) is 37.1 Å². The Hall–Kier alpha value is -1.57. The third-order valence-corrected chi connectivity index (χ3v) is 4.85. The Labute approximate surface area is 126 Å². The summed E-state index contributed by atoms with van der Waals surface area (Å²) in [5, 5.41) is 9.94. The van der Waals surface area contributed by atoms with Crippen LogP contribution in [0.3, 0.4) is 0 Å². The molecule has 1 aliphatic carbocycles. The van der Waals surface area contributed by atoms with Crippen molar-refractivity contribution in [3.8, 4) is 0 Å². The summed E-state index contributed by atoms with van der Waals surface area (Å²) in [5.74, 6) is -0.0702. The van der Waals surface area contributed by atoms with E-state index >= 15 is 0 Å². The van der Waals surface area contributed by atoms with Gasteiger partial charge in [0.2, 0.25) is 5.91 Å². The van der Waals surface area contributed by atoms with Crippen LogP contribution in [0.25, 0.3) is 0 Å². The summed E-state index contributed by atoms with van der Waals surface area (Å²) in [4.78, 5) is 12.5. The number of alkyl halides is 3. The monoisotopic (exact) mass is 316 g/mol. The van der Waals surface area contributed by atoms with E-state index in [0.29, 0.717) is 0 Å². The molecular formula is C14H19F3N4O. The first-order chi connectivity index (χ1) is 10.3. The first kappa shape index (κ1) is 15.3. The maximum absolute atomic E-state index is 12.7. The number of carbonyl (C=O) groups excluding carboxylic acids is 1. The van der Waals surface area contributed by atoms with Gasteiger partial charge in [0.1, 0.15) is 5.69 Å². The average molecular weight is 316 g/mol. The van der Waals surface area contributed by atoms with E-state index < -0.39 is 11.9 Å². The zero-order valence-electron chi connectivity index (χ0n) is 12.3. The second-order valence-electron chi connectivity index (χ2n) is 6.13. The Morgan fingerprint density at radius 1 is 1.55 bits per heavy atom. The minimum absolute atomic E-state index is 0.0250. The molecule has 0 radical (unpaired) electrons. The Bertz CT molecular complexity index is 571. The molecule has 1 saturated carbocycles. The molecule has 2 atom stereocenters. The predicted octanol–water partition coefficient (Wildman–Crippen LogP) is 1.59. The summed E-state index contributed by atoms with van der Waals surface area (Å²) < 4.78 is 39.0. The molecule has 0 aromatic carbocycles. The van der Waals surface area contributed by atoms with Gasteiger partial charge in [-0.2, -0.15) is 18.3 Å². The molecule has 22 heavy (non-hydrogen) atoms. The Balaban J connectivity index is 1.67. The zero-order chi connectivity index (χ0) is 16.0. The van der Waals surface area contributed by atoms with Crippen molar-refractivity contribution in [2.24, 2.45) is 12.5 Å². The Morgan fingerprint density at radius 3 is 3.00 bits per heavy atom. The van der Waals surface area contributed by atoms with Crippen LogP contribution in [0.4, 0.5) is 13.2 Å². The molecule has 0 bridgehead atoms. The average Bonchev–Trinajstić information content (AvgIpc) is 3.07. The molecule has 0 unspecified atom stereocenters. The van der Waals surface area contributed by atoms with Crippen molar-refractivity contribution in [1.29, 1.82) is 0 Å². The lowest BCUT2D eigenvalue weighted by Gasteiger charge is -2.27. The molecule has 2 N–H and O–H groups in total. The molecule has 1 aliphatic heterocycles. The van der Waals surface area contributed by atoms with Gasteiger partial charge in [-0.25, -0.2) is 0 Å². The number of fused-ring (bicyclic) bond motifs is 1. The first-order valence-corrected chi connectivity index (χ1v) is 7.45. The van der Waals surface area contributed by atoms with Crippen LogP contribution in [0.2, 0.25) is 0 Å². The van der Waals surface area contributed by atoms with Gasteiger partial charge in [0, 0.05) is 13.1 Å². The van der Waals surface area contributed by atoms with Crippen molar-refractivity contribution in [3.05, 3.63) is 17.5 Å². The minimum atomic E-state index is -4.44. The number of nitrogens with one attached hydrogen (secondary N) is 2. The van der Waals surface area contributed by atoms with E-state index in [9.17, 15) is 18.0 Å².